The van der Waals surface area contributed by atoms with E-state index in [0.717, 1.165) is 12.1 Å². The Labute approximate surface area is 114 Å². The molecule has 1 atom stereocenters. The van der Waals surface area contributed by atoms with Crippen molar-refractivity contribution in [2.75, 3.05) is 0 Å². The fraction of sp³-hybridized carbons (Fsp3) is 0.600. The van der Waals surface area contributed by atoms with Gasteiger partial charge in [-0.2, -0.15) is 0 Å². The molecule has 1 aromatic heterocycles. The fourth-order valence-corrected chi connectivity index (χ4v) is 2.15. The molecule has 4 heteroatoms. The van der Waals surface area contributed by atoms with E-state index in [0.29, 0.717) is 12.0 Å². The molecular formula is C15H23NO3. The Bertz CT molecular complexity index is 503. The second-order valence-corrected chi connectivity index (χ2v) is 5.26. The molecule has 0 bridgehead atoms. The second kappa shape index (κ2) is 6.55. The molecule has 1 rings (SSSR count). The summed E-state index contributed by atoms with van der Waals surface area (Å²) in [5.74, 6) is -0.599. The highest BCUT2D eigenvalue weighted by Crippen LogP contribution is 2.19. The normalized spacial score (nSPS) is 12.7. The number of aliphatic carboxylic acids is 1. The Balaban J connectivity index is 3.25. The van der Waals surface area contributed by atoms with Crippen molar-refractivity contribution in [1.82, 2.24) is 4.57 Å². The number of pyridine rings is 1. The minimum absolute atomic E-state index is 0.00320. The Kier molecular flexibility index (Phi) is 5.33. The van der Waals surface area contributed by atoms with Crippen LogP contribution in [-0.4, -0.2) is 15.6 Å². The molecule has 1 aromatic rings. The first-order chi connectivity index (χ1) is 8.88. The molecule has 19 heavy (non-hydrogen) atoms. The highest BCUT2D eigenvalue weighted by Gasteiger charge is 2.15. The van der Waals surface area contributed by atoms with E-state index in [4.69, 9.17) is 5.11 Å². The summed E-state index contributed by atoms with van der Waals surface area (Å²) in [6.45, 7) is 8.19. The quantitative estimate of drug-likeness (QED) is 0.860. The van der Waals surface area contributed by atoms with Crippen molar-refractivity contribution in [1.29, 1.82) is 0 Å². The van der Waals surface area contributed by atoms with Gasteiger partial charge in [-0.1, -0.05) is 26.8 Å². The SMILES string of the molecule is CCC(C)n1c(C(C)C)ccc(CCC(=O)O)c1=O. The van der Waals surface area contributed by atoms with Crippen molar-refractivity contribution >= 4 is 5.97 Å². The number of carboxylic acid groups (broad SMARTS) is 1. The summed E-state index contributed by atoms with van der Waals surface area (Å²) >= 11 is 0. The fourth-order valence-electron chi connectivity index (χ4n) is 2.15. The molecule has 0 spiro atoms. The van der Waals surface area contributed by atoms with Crippen molar-refractivity contribution in [3.63, 3.8) is 0 Å². The van der Waals surface area contributed by atoms with E-state index in [1.807, 2.05) is 24.5 Å². The highest BCUT2D eigenvalue weighted by atomic mass is 16.4. The zero-order valence-corrected chi connectivity index (χ0v) is 12.1. The van der Waals surface area contributed by atoms with Crippen LogP contribution in [0.4, 0.5) is 0 Å². The van der Waals surface area contributed by atoms with E-state index >= 15 is 0 Å². The molecule has 1 heterocycles. The first kappa shape index (κ1) is 15.5. The van der Waals surface area contributed by atoms with Gasteiger partial charge in [0.05, 0.1) is 0 Å². The Morgan fingerprint density at radius 1 is 1.32 bits per heavy atom. The summed E-state index contributed by atoms with van der Waals surface area (Å²) in [6.07, 6.45) is 1.17. The second-order valence-electron chi connectivity index (χ2n) is 5.26. The summed E-state index contributed by atoms with van der Waals surface area (Å²) in [6, 6.07) is 3.87. The van der Waals surface area contributed by atoms with E-state index in [1.54, 1.807) is 6.07 Å². The summed E-state index contributed by atoms with van der Waals surface area (Å²) in [4.78, 5) is 23.1. The molecule has 0 fully saturated rings. The molecular weight excluding hydrogens is 242 g/mol. The third kappa shape index (κ3) is 3.69. The number of aryl methyl sites for hydroxylation is 1. The Morgan fingerprint density at radius 3 is 2.42 bits per heavy atom. The van der Waals surface area contributed by atoms with Crippen LogP contribution in [0.25, 0.3) is 0 Å². The maximum atomic E-state index is 12.5. The van der Waals surface area contributed by atoms with Crippen LogP contribution in [-0.2, 0) is 11.2 Å². The Morgan fingerprint density at radius 2 is 1.95 bits per heavy atom. The summed E-state index contributed by atoms with van der Waals surface area (Å²) < 4.78 is 1.82. The van der Waals surface area contributed by atoms with E-state index in [2.05, 4.69) is 13.8 Å². The third-order valence-corrected chi connectivity index (χ3v) is 3.46. The van der Waals surface area contributed by atoms with Gasteiger partial charge in [-0.3, -0.25) is 9.59 Å². The number of aromatic nitrogens is 1. The number of carboxylic acids is 1. The van der Waals surface area contributed by atoms with E-state index in [1.165, 1.54) is 0 Å². The van der Waals surface area contributed by atoms with Gasteiger partial charge in [0.2, 0.25) is 0 Å². The van der Waals surface area contributed by atoms with Crippen LogP contribution in [0, 0.1) is 0 Å². The maximum absolute atomic E-state index is 12.5. The largest absolute Gasteiger partial charge is 0.481 e. The minimum atomic E-state index is -0.873. The standard InChI is InChI=1S/C15H23NO3/c1-5-11(4)16-13(10(2)3)8-6-12(15(16)19)7-9-14(17)18/h6,8,10-11H,5,7,9H2,1-4H3,(H,17,18). The zero-order chi connectivity index (χ0) is 14.6. The van der Waals surface area contributed by atoms with Crippen molar-refractivity contribution < 1.29 is 9.90 Å². The number of hydrogen-bond donors (Lipinski definition) is 1. The average molecular weight is 265 g/mol. The molecule has 0 amide bonds. The van der Waals surface area contributed by atoms with Crippen molar-refractivity contribution in [3.05, 3.63) is 33.7 Å². The molecule has 106 valence electrons. The van der Waals surface area contributed by atoms with Crippen molar-refractivity contribution in [3.8, 4) is 0 Å². The number of hydrogen-bond acceptors (Lipinski definition) is 2. The van der Waals surface area contributed by atoms with E-state index < -0.39 is 5.97 Å². The molecule has 0 aliphatic rings. The molecule has 1 unspecified atom stereocenters. The molecule has 0 saturated heterocycles. The van der Waals surface area contributed by atoms with Crippen LogP contribution in [0.3, 0.4) is 0 Å². The van der Waals surface area contributed by atoms with Crippen molar-refractivity contribution in [2.24, 2.45) is 0 Å². The molecule has 1 N–H and O–H groups in total. The average Bonchev–Trinajstić information content (AvgIpc) is 2.35. The topological polar surface area (TPSA) is 59.3 Å². The minimum Gasteiger partial charge on any atom is -0.481 e. The molecule has 0 radical (unpaired) electrons. The van der Waals surface area contributed by atoms with Gasteiger partial charge in [-0.15, -0.1) is 0 Å². The highest BCUT2D eigenvalue weighted by molar-refractivity contribution is 5.67. The number of rotatable bonds is 6. The molecule has 0 aliphatic heterocycles. The first-order valence-corrected chi connectivity index (χ1v) is 6.84. The van der Waals surface area contributed by atoms with Crippen LogP contribution in [0.2, 0.25) is 0 Å². The lowest BCUT2D eigenvalue weighted by molar-refractivity contribution is -0.136. The van der Waals surface area contributed by atoms with Gasteiger partial charge < -0.3 is 9.67 Å². The van der Waals surface area contributed by atoms with E-state index in [9.17, 15) is 9.59 Å². The number of nitrogens with zero attached hydrogens (tertiary/aromatic N) is 1. The first-order valence-electron chi connectivity index (χ1n) is 6.84. The molecule has 0 saturated carbocycles. The van der Waals surface area contributed by atoms with Crippen LogP contribution in [0.15, 0.2) is 16.9 Å². The van der Waals surface area contributed by atoms with Gasteiger partial charge in [0.15, 0.2) is 0 Å². The monoisotopic (exact) mass is 265 g/mol. The zero-order valence-electron chi connectivity index (χ0n) is 12.1. The van der Waals surface area contributed by atoms with Crippen LogP contribution in [0.5, 0.6) is 0 Å². The summed E-state index contributed by atoms with van der Waals surface area (Å²) in [5.41, 5.74) is 1.56. The maximum Gasteiger partial charge on any atom is 0.303 e. The van der Waals surface area contributed by atoms with Crippen molar-refractivity contribution in [2.45, 2.75) is 58.9 Å². The van der Waals surface area contributed by atoms with Gasteiger partial charge in [-0.25, -0.2) is 0 Å². The number of carbonyl (C=O) groups is 1. The lowest BCUT2D eigenvalue weighted by Crippen LogP contribution is -2.29. The molecule has 4 nitrogen and oxygen atoms in total. The van der Waals surface area contributed by atoms with Gasteiger partial charge in [-0.05, 0) is 31.7 Å². The van der Waals surface area contributed by atoms with Gasteiger partial charge in [0.1, 0.15) is 0 Å². The summed E-state index contributed by atoms with van der Waals surface area (Å²) in [5, 5.41) is 8.72. The van der Waals surface area contributed by atoms with Gasteiger partial charge in [0, 0.05) is 23.7 Å². The van der Waals surface area contributed by atoms with Gasteiger partial charge >= 0.3 is 5.97 Å². The Hall–Kier alpha value is -1.58. The predicted molar refractivity (Wildman–Crippen MR) is 75.7 cm³/mol. The van der Waals surface area contributed by atoms with E-state index in [-0.39, 0.29) is 23.9 Å². The summed E-state index contributed by atoms with van der Waals surface area (Å²) in [7, 11) is 0. The third-order valence-electron chi connectivity index (χ3n) is 3.46. The lowest BCUT2D eigenvalue weighted by atomic mass is 10.0. The van der Waals surface area contributed by atoms with Crippen LogP contribution >= 0.6 is 0 Å². The van der Waals surface area contributed by atoms with Crippen LogP contribution < -0.4 is 5.56 Å². The smallest absolute Gasteiger partial charge is 0.303 e. The lowest BCUT2D eigenvalue weighted by Gasteiger charge is -2.21. The molecule has 0 aliphatic carbocycles. The molecule has 0 aromatic carbocycles. The van der Waals surface area contributed by atoms with Gasteiger partial charge in [0.25, 0.3) is 5.56 Å². The van der Waals surface area contributed by atoms with Crippen LogP contribution in [0.1, 0.15) is 63.8 Å². The predicted octanol–water partition coefficient (Wildman–Crippen LogP) is 2.96.